The maximum atomic E-state index is 12.7. The number of carbonyl (C=O) groups is 2. The van der Waals surface area contributed by atoms with Crippen LogP contribution in [0, 0.1) is 16.7 Å². The van der Waals surface area contributed by atoms with Crippen LogP contribution in [0.4, 0.5) is 17.3 Å². The molecule has 6 N–H and O–H groups in total. The van der Waals surface area contributed by atoms with Crippen LogP contribution in [-0.2, 0) is 4.79 Å². The van der Waals surface area contributed by atoms with Gasteiger partial charge < -0.3 is 21.7 Å². The Morgan fingerprint density at radius 3 is 2.35 bits per heavy atom. The SMILES string of the molecule is C=C(C#N)C(=O)N(CCNc1ncnc(N)c1C(=N)c1ccc(C(N)=O)cc1)c1ccccc1. The zero-order valence-corrected chi connectivity index (χ0v) is 18.2. The average molecular weight is 454 g/mol. The van der Waals surface area contributed by atoms with E-state index in [0.29, 0.717) is 22.6 Å². The molecule has 34 heavy (non-hydrogen) atoms. The zero-order valence-electron chi connectivity index (χ0n) is 18.2. The molecule has 1 heterocycles. The molecule has 10 nitrogen and oxygen atoms in total. The number of rotatable bonds is 9. The topological polar surface area (TPSA) is 175 Å². The van der Waals surface area contributed by atoms with Gasteiger partial charge in [0.1, 0.15) is 29.6 Å². The molecule has 2 aromatic carbocycles. The Bertz CT molecular complexity index is 1280. The summed E-state index contributed by atoms with van der Waals surface area (Å²) in [5.41, 5.74) is 12.9. The summed E-state index contributed by atoms with van der Waals surface area (Å²) >= 11 is 0. The summed E-state index contributed by atoms with van der Waals surface area (Å²) in [5.74, 6) is -0.689. The molecule has 0 saturated carbocycles. The second-order valence-electron chi connectivity index (χ2n) is 7.11. The number of nitrogens with one attached hydrogen (secondary N) is 2. The fraction of sp³-hybridized carbons (Fsp3) is 0.0833. The van der Waals surface area contributed by atoms with Crippen molar-refractivity contribution in [2.24, 2.45) is 5.73 Å². The monoisotopic (exact) mass is 454 g/mol. The number of nitriles is 1. The van der Waals surface area contributed by atoms with Gasteiger partial charge in [-0.25, -0.2) is 9.97 Å². The highest BCUT2D eigenvalue weighted by atomic mass is 16.2. The number of nitrogens with two attached hydrogens (primary N) is 2. The summed E-state index contributed by atoms with van der Waals surface area (Å²) in [6.45, 7) is 3.94. The van der Waals surface area contributed by atoms with Crippen LogP contribution in [0.15, 0.2) is 73.1 Å². The van der Waals surface area contributed by atoms with Crippen molar-refractivity contribution in [1.29, 1.82) is 10.7 Å². The number of para-hydroxylation sites is 1. The molecule has 3 rings (SSSR count). The van der Waals surface area contributed by atoms with E-state index in [2.05, 4.69) is 21.9 Å². The number of benzene rings is 2. The number of nitrogen functional groups attached to an aromatic ring is 1. The van der Waals surface area contributed by atoms with E-state index in [1.807, 2.05) is 6.07 Å². The molecule has 0 unspecified atom stereocenters. The van der Waals surface area contributed by atoms with Gasteiger partial charge in [0.05, 0.1) is 11.3 Å². The molecule has 0 fully saturated rings. The molecule has 0 atom stereocenters. The molecule has 3 aromatic rings. The Hall–Kier alpha value is -5.04. The molecule has 0 aliphatic heterocycles. The van der Waals surface area contributed by atoms with Crippen LogP contribution in [0.25, 0.3) is 0 Å². The summed E-state index contributed by atoms with van der Waals surface area (Å²) in [6.07, 6.45) is 1.27. The molecule has 10 heteroatoms. The van der Waals surface area contributed by atoms with Gasteiger partial charge in [-0.3, -0.25) is 15.0 Å². The van der Waals surface area contributed by atoms with Gasteiger partial charge in [-0.15, -0.1) is 0 Å². The summed E-state index contributed by atoms with van der Waals surface area (Å²) in [6, 6.07) is 16.9. The first-order valence-electron chi connectivity index (χ1n) is 10.1. The lowest BCUT2D eigenvalue weighted by molar-refractivity contribution is -0.114. The number of anilines is 3. The number of nitrogens with zero attached hydrogens (tertiary/aromatic N) is 4. The summed E-state index contributed by atoms with van der Waals surface area (Å²) < 4.78 is 0. The van der Waals surface area contributed by atoms with Crippen LogP contribution in [0.1, 0.15) is 21.5 Å². The van der Waals surface area contributed by atoms with Gasteiger partial charge in [0.15, 0.2) is 0 Å². The number of hydrogen-bond acceptors (Lipinski definition) is 8. The lowest BCUT2D eigenvalue weighted by Crippen LogP contribution is -2.36. The highest BCUT2D eigenvalue weighted by molar-refractivity contribution is 6.16. The second kappa shape index (κ2) is 10.5. The van der Waals surface area contributed by atoms with E-state index in [9.17, 15) is 9.59 Å². The zero-order chi connectivity index (χ0) is 24.7. The van der Waals surface area contributed by atoms with Crippen LogP contribution in [-0.4, -0.2) is 40.6 Å². The first-order chi connectivity index (χ1) is 16.3. The van der Waals surface area contributed by atoms with Crippen molar-refractivity contribution in [3.05, 3.63) is 89.8 Å². The van der Waals surface area contributed by atoms with Gasteiger partial charge in [0.25, 0.3) is 5.91 Å². The minimum absolute atomic E-state index is 0.0467. The van der Waals surface area contributed by atoms with Gasteiger partial charge in [0, 0.05) is 29.9 Å². The lowest BCUT2D eigenvalue weighted by Gasteiger charge is -2.23. The van der Waals surface area contributed by atoms with Crippen LogP contribution in [0.3, 0.4) is 0 Å². The lowest BCUT2D eigenvalue weighted by atomic mass is 10.0. The summed E-state index contributed by atoms with van der Waals surface area (Å²) in [7, 11) is 0. The fourth-order valence-corrected chi connectivity index (χ4v) is 3.18. The van der Waals surface area contributed by atoms with Gasteiger partial charge in [-0.1, -0.05) is 36.9 Å². The summed E-state index contributed by atoms with van der Waals surface area (Å²) in [4.78, 5) is 33.6. The number of carbonyl (C=O) groups excluding carboxylic acids is 2. The van der Waals surface area contributed by atoms with Crippen LogP contribution in [0.2, 0.25) is 0 Å². The van der Waals surface area contributed by atoms with E-state index < -0.39 is 11.8 Å². The van der Waals surface area contributed by atoms with E-state index in [1.54, 1.807) is 42.5 Å². The van der Waals surface area contributed by atoms with Crippen molar-refractivity contribution in [3.63, 3.8) is 0 Å². The molecular formula is C24H22N8O2. The number of aromatic nitrogens is 2. The normalized spacial score (nSPS) is 10.1. The Morgan fingerprint density at radius 2 is 1.74 bits per heavy atom. The predicted octanol–water partition coefficient (Wildman–Crippen LogP) is 2.10. The largest absolute Gasteiger partial charge is 0.383 e. The first-order valence-corrected chi connectivity index (χ1v) is 10.1. The van der Waals surface area contributed by atoms with Crippen LogP contribution >= 0.6 is 0 Å². The van der Waals surface area contributed by atoms with Gasteiger partial charge >= 0.3 is 0 Å². The number of primary amides is 1. The second-order valence-corrected chi connectivity index (χ2v) is 7.11. The molecule has 0 aliphatic rings. The maximum absolute atomic E-state index is 12.7. The Kier molecular flexibility index (Phi) is 7.31. The minimum atomic E-state index is -0.570. The van der Waals surface area contributed by atoms with Crippen molar-refractivity contribution in [1.82, 2.24) is 9.97 Å². The Labute approximate surface area is 196 Å². The predicted molar refractivity (Wildman–Crippen MR) is 129 cm³/mol. The molecule has 0 spiro atoms. The van der Waals surface area contributed by atoms with Crippen molar-refractivity contribution >= 4 is 34.8 Å². The van der Waals surface area contributed by atoms with Crippen molar-refractivity contribution in [2.45, 2.75) is 0 Å². The standard InChI is InChI=1S/C24H22N8O2/c1-15(13-25)24(34)32(18-5-3-2-4-6-18)12-11-29-23-19(21(27)30-14-31-23)20(26)16-7-9-17(10-8-16)22(28)33/h2-10,14,26H,1,11-12H2,(H2,28,33)(H3,27,29,30,31). The molecule has 0 radical (unpaired) electrons. The molecule has 2 amide bonds. The van der Waals surface area contributed by atoms with Crippen molar-refractivity contribution in [2.75, 3.05) is 29.0 Å². The quantitative estimate of drug-likeness (QED) is 0.217. The molecule has 170 valence electrons. The van der Waals surface area contributed by atoms with Gasteiger partial charge in [0.2, 0.25) is 5.91 Å². The highest BCUT2D eigenvalue weighted by Crippen LogP contribution is 2.22. The third-order valence-electron chi connectivity index (χ3n) is 4.92. The Balaban J connectivity index is 1.82. The maximum Gasteiger partial charge on any atom is 0.268 e. The van der Waals surface area contributed by atoms with Crippen LogP contribution < -0.4 is 21.7 Å². The average Bonchev–Trinajstić information content (AvgIpc) is 2.86. The molecule has 0 saturated heterocycles. The molecule has 0 bridgehead atoms. The van der Waals surface area contributed by atoms with Crippen molar-refractivity contribution in [3.8, 4) is 6.07 Å². The highest BCUT2D eigenvalue weighted by Gasteiger charge is 2.20. The van der Waals surface area contributed by atoms with Crippen LogP contribution in [0.5, 0.6) is 0 Å². The third-order valence-corrected chi connectivity index (χ3v) is 4.92. The van der Waals surface area contributed by atoms with E-state index >= 15 is 0 Å². The van der Waals surface area contributed by atoms with E-state index in [0.717, 1.165) is 0 Å². The molecular weight excluding hydrogens is 432 g/mol. The smallest absolute Gasteiger partial charge is 0.268 e. The number of amides is 2. The fourth-order valence-electron chi connectivity index (χ4n) is 3.18. The number of hydrogen-bond donors (Lipinski definition) is 4. The molecule has 1 aromatic heterocycles. The minimum Gasteiger partial charge on any atom is -0.383 e. The van der Waals surface area contributed by atoms with E-state index in [-0.39, 0.29) is 35.8 Å². The van der Waals surface area contributed by atoms with Gasteiger partial charge in [-0.05, 0) is 24.3 Å². The van der Waals surface area contributed by atoms with Crippen molar-refractivity contribution < 1.29 is 9.59 Å². The van der Waals surface area contributed by atoms with E-state index in [1.165, 1.54) is 23.4 Å². The third kappa shape index (κ3) is 5.23. The summed E-state index contributed by atoms with van der Waals surface area (Å²) in [5, 5.41) is 20.8. The molecule has 0 aliphatic carbocycles. The Morgan fingerprint density at radius 1 is 1.09 bits per heavy atom. The first kappa shape index (κ1) is 23.6. The van der Waals surface area contributed by atoms with Gasteiger partial charge in [-0.2, -0.15) is 5.26 Å². The van der Waals surface area contributed by atoms with E-state index in [4.69, 9.17) is 22.1 Å².